The van der Waals surface area contributed by atoms with Crippen molar-refractivity contribution in [3.05, 3.63) is 0 Å². The summed E-state index contributed by atoms with van der Waals surface area (Å²) in [5.41, 5.74) is 0. The smallest absolute Gasteiger partial charge is 0.303 e. The number of carboxylic acid groups (broad SMARTS) is 1. The Hall–Kier alpha value is -1.06. The highest BCUT2D eigenvalue weighted by Gasteiger charge is 2.27. The Balaban J connectivity index is 2.50. The number of carbonyl (C=O) groups excluding carboxylic acids is 1. The summed E-state index contributed by atoms with van der Waals surface area (Å²) in [6.45, 7) is 2.68. The van der Waals surface area contributed by atoms with Crippen molar-refractivity contribution in [2.24, 2.45) is 11.8 Å². The van der Waals surface area contributed by atoms with Gasteiger partial charge in [0.15, 0.2) is 0 Å². The van der Waals surface area contributed by atoms with Gasteiger partial charge in [-0.2, -0.15) is 0 Å². The number of hydrogen-bond acceptors (Lipinski definition) is 2. The SMILES string of the molecule is CCC(CC(=O)O)C1CCNC(=O)C1. The molecule has 1 fully saturated rings. The van der Waals surface area contributed by atoms with Gasteiger partial charge >= 0.3 is 5.97 Å². The highest BCUT2D eigenvalue weighted by molar-refractivity contribution is 5.77. The number of carbonyl (C=O) groups is 2. The van der Waals surface area contributed by atoms with Gasteiger partial charge in [-0.15, -0.1) is 0 Å². The zero-order valence-corrected chi connectivity index (χ0v) is 8.45. The Bertz CT molecular complexity index is 225. The molecule has 1 heterocycles. The molecule has 0 aliphatic carbocycles. The molecule has 4 nitrogen and oxygen atoms in total. The standard InChI is InChI=1S/C10H17NO3/c1-2-7(6-10(13)14)8-3-4-11-9(12)5-8/h7-8H,2-6H2,1H3,(H,11,12)(H,13,14). The Morgan fingerprint density at radius 3 is 2.93 bits per heavy atom. The fourth-order valence-corrected chi connectivity index (χ4v) is 2.08. The van der Waals surface area contributed by atoms with Crippen LogP contribution in [0.4, 0.5) is 0 Å². The lowest BCUT2D eigenvalue weighted by Gasteiger charge is -2.28. The monoisotopic (exact) mass is 199 g/mol. The summed E-state index contributed by atoms with van der Waals surface area (Å²) in [6, 6.07) is 0. The first-order chi connectivity index (χ1) is 6.63. The molecule has 1 amide bonds. The molecular formula is C10H17NO3. The minimum Gasteiger partial charge on any atom is -0.481 e. The van der Waals surface area contributed by atoms with E-state index >= 15 is 0 Å². The van der Waals surface area contributed by atoms with Crippen molar-refractivity contribution in [3.8, 4) is 0 Å². The molecule has 0 aromatic heterocycles. The molecule has 0 saturated carbocycles. The molecule has 1 aliphatic rings. The van der Waals surface area contributed by atoms with E-state index in [4.69, 9.17) is 5.11 Å². The van der Waals surface area contributed by atoms with Gasteiger partial charge in [-0.1, -0.05) is 13.3 Å². The van der Waals surface area contributed by atoms with Crippen LogP contribution in [-0.2, 0) is 9.59 Å². The molecule has 1 saturated heterocycles. The first-order valence-electron chi connectivity index (χ1n) is 5.12. The van der Waals surface area contributed by atoms with E-state index in [9.17, 15) is 9.59 Å². The van der Waals surface area contributed by atoms with E-state index in [-0.39, 0.29) is 24.2 Å². The molecule has 1 aliphatic heterocycles. The number of aliphatic carboxylic acids is 1. The molecule has 80 valence electrons. The lowest BCUT2D eigenvalue weighted by molar-refractivity contribution is -0.139. The van der Waals surface area contributed by atoms with Crippen LogP contribution in [0.25, 0.3) is 0 Å². The van der Waals surface area contributed by atoms with Crippen molar-refractivity contribution in [1.29, 1.82) is 0 Å². The molecule has 2 N–H and O–H groups in total. The first-order valence-corrected chi connectivity index (χ1v) is 5.12. The van der Waals surface area contributed by atoms with Crippen LogP contribution < -0.4 is 5.32 Å². The zero-order valence-electron chi connectivity index (χ0n) is 8.45. The minimum absolute atomic E-state index is 0.0603. The van der Waals surface area contributed by atoms with Crippen LogP contribution >= 0.6 is 0 Å². The van der Waals surface area contributed by atoms with Crippen LogP contribution in [0, 0.1) is 11.8 Å². The van der Waals surface area contributed by atoms with Crippen molar-refractivity contribution in [1.82, 2.24) is 5.32 Å². The van der Waals surface area contributed by atoms with Gasteiger partial charge in [0.2, 0.25) is 5.91 Å². The number of hydrogen-bond donors (Lipinski definition) is 2. The third-order valence-corrected chi connectivity index (χ3v) is 2.91. The van der Waals surface area contributed by atoms with Gasteiger partial charge in [0.1, 0.15) is 0 Å². The number of nitrogens with one attached hydrogen (secondary N) is 1. The summed E-state index contributed by atoms with van der Waals surface area (Å²) in [4.78, 5) is 21.7. The van der Waals surface area contributed by atoms with Crippen molar-refractivity contribution in [2.75, 3.05) is 6.54 Å². The molecule has 2 unspecified atom stereocenters. The van der Waals surface area contributed by atoms with Crippen LogP contribution in [0.2, 0.25) is 0 Å². The predicted molar refractivity (Wildman–Crippen MR) is 51.8 cm³/mol. The van der Waals surface area contributed by atoms with Gasteiger partial charge in [0, 0.05) is 19.4 Å². The van der Waals surface area contributed by atoms with Gasteiger partial charge < -0.3 is 10.4 Å². The third kappa shape index (κ3) is 3.01. The lowest BCUT2D eigenvalue weighted by Crippen LogP contribution is -2.36. The summed E-state index contributed by atoms with van der Waals surface area (Å²) >= 11 is 0. The average molecular weight is 199 g/mol. The van der Waals surface area contributed by atoms with E-state index in [0.29, 0.717) is 13.0 Å². The largest absolute Gasteiger partial charge is 0.481 e. The molecule has 0 spiro atoms. The number of amides is 1. The van der Waals surface area contributed by atoms with Gasteiger partial charge in [-0.25, -0.2) is 0 Å². The van der Waals surface area contributed by atoms with Crippen LogP contribution in [0.1, 0.15) is 32.6 Å². The first kappa shape index (κ1) is 11.0. The summed E-state index contributed by atoms with van der Waals surface area (Å²) in [5.74, 6) is -0.295. The molecule has 0 bridgehead atoms. The Morgan fingerprint density at radius 1 is 1.71 bits per heavy atom. The van der Waals surface area contributed by atoms with Crippen molar-refractivity contribution < 1.29 is 14.7 Å². The summed E-state index contributed by atoms with van der Waals surface area (Å²) in [5, 5.41) is 11.5. The Kier molecular flexibility index (Phi) is 3.92. The fourth-order valence-electron chi connectivity index (χ4n) is 2.08. The molecule has 0 aromatic rings. The maximum Gasteiger partial charge on any atom is 0.303 e. The van der Waals surface area contributed by atoms with Crippen LogP contribution in [0.15, 0.2) is 0 Å². The highest BCUT2D eigenvalue weighted by Crippen LogP contribution is 2.27. The van der Waals surface area contributed by atoms with E-state index in [1.807, 2.05) is 6.92 Å². The van der Waals surface area contributed by atoms with E-state index < -0.39 is 5.97 Å². The normalized spacial score (nSPS) is 24.1. The van der Waals surface area contributed by atoms with Crippen molar-refractivity contribution >= 4 is 11.9 Å². The number of piperidine rings is 1. The summed E-state index contributed by atoms with van der Waals surface area (Å²) in [6.07, 6.45) is 2.43. The fraction of sp³-hybridized carbons (Fsp3) is 0.800. The van der Waals surface area contributed by atoms with E-state index in [0.717, 1.165) is 12.8 Å². The van der Waals surface area contributed by atoms with Crippen LogP contribution in [-0.4, -0.2) is 23.5 Å². The third-order valence-electron chi connectivity index (χ3n) is 2.91. The molecule has 1 rings (SSSR count). The number of carboxylic acids is 1. The summed E-state index contributed by atoms with van der Waals surface area (Å²) < 4.78 is 0. The molecule has 0 radical (unpaired) electrons. The van der Waals surface area contributed by atoms with Gasteiger partial charge in [0.05, 0.1) is 0 Å². The Morgan fingerprint density at radius 2 is 2.43 bits per heavy atom. The van der Waals surface area contributed by atoms with E-state index in [1.165, 1.54) is 0 Å². The molecule has 14 heavy (non-hydrogen) atoms. The Labute approximate surface area is 83.7 Å². The molecule has 0 aromatic carbocycles. The topological polar surface area (TPSA) is 66.4 Å². The van der Waals surface area contributed by atoms with Gasteiger partial charge in [0.25, 0.3) is 0 Å². The maximum absolute atomic E-state index is 11.1. The lowest BCUT2D eigenvalue weighted by atomic mass is 9.81. The number of rotatable bonds is 4. The van der Waals surface area contributed by atoms with E-state index in [1.54, 1.807) is 0 Å². The highest BCUT2D eigenvalue weighted by atomic mass is 16.4. The van der Waals surface area contributed by atoms with Crippen LogP contribution in [0.5, 0.6) is 0 Å². The van der Waals surface area contributed by atoms with E-state index in [2.05, 4.69) is 5.32 Å². The molecule has 2 atom stereocenters. The minimum atomic E-state index is -0.761. The van der Waals surface area contributed by atoms with Crippen molar-refractivity contribution in [2.45, 2.75) is 32.6 Å². The predicted octanol–water partition coefficient (Wildman–Crippen LogP) is 1.01. The second-order valence-electron chi connectivity index (χ2n) is 3.87. The summed E-state index contributed by atoms with van der Waals surface area (Å²) in [7, 11) is 0. The average Bonchev–Trinajstić information content (AvgIpc) is 2.14. The zero-order chi connectivity index (χ0) is 10.6. The van der Waals surface area contributed by atoms with Crippen molar-refractivity contribution in [3.63, 3.8) is 0 Å². The quantitative estimate of drug-likeness (QED) is 0.710. The molecular weight excluding hydrogens is 182 g/mol. The van der Waals surface area contributed by atoms with Gasteiger partial charge in [-0.05, 0) is 18.3 Å². The van der Waals surface area contributed by atoms with Gasteiger partial charge in [-0.3, -0.25) is 9.59 Å². The maximum atomic E-state index is 11.1. The van der Waals surface area contributed by atoms with Crippen LogP contribution in [0.3, 0.4) is 0 Å². The second kappa shape index (κ2) is 4.98. The molecule has 4 heteroatoms. The second-order valence-corrected chi connectivity index (χ2v) is 3.87.